The van der Waals surface area contributed by atoms with E-state index in [0.29, 0.717) is 22.7 Å². The fourth-order valence-corrected chi connectivity index (χ4v) is 2.22. The topological polar surface area (TPSA) is 71.1 Å². The molecule has 0 radical (unpaired) electrons. The van der Waals surface area contributed by atoms with Crippen LogP contribution >= 0.6 is 11.6 Å². The minimum Gasteiger partial charge on any atom is -0.348 e. The van der Waals surface area contributed by atoms with Crippen LogP contribution in [0, 0.1) is 0 Å². The van der Waals surface area contributed by atoms with Gasteiger partial charge in [0.25, 0.3) is 11.8 Å². The molecular weight excluding hydrogens is 326 g/mol. The van der Waals surface area contributed by atoms with Gasteiger partial charge in [0, 0.05) is 29.5 Å². The summed E-state index contributed by atoms with van der Waals surface area (Å²) in [5.74, 6) is -0.580. The average molecular weight is 346 g/mol. The first kappa shape index (κ1) is 17.9. The molecule has 5 nitrogen and oxygen atoms in total. The largest absolute Gasteiger partial charge is 0.348 e. The van der Waals surface area contributed by atoms with Crippen molar-refractivity contribution in [3.8, 4) is 0 Å². The monoisotopic (exact) mass is 345 g/mol. The first-order valence-corrected chi connectivity index (χ1v) is 7.93. The molecule has 0 atom stereocenters. The van der Waals surface area contributed by atoms with Crippen molar-refractivity contribution in [1.29, 1.82) is 0 Å². The molecule has 0 aliphatic carbocycles. The fourth-order valence-electron chi connectivity index (χ4n) is 2.02. The minimum atomic E-state index is -0.362. The van der Waals surface area contributed by atoms with Crippen LogP contribution in [0.4, 0.5) is 0 Å². The highest BCUT2D eigenvalue weighted by Gasteiger charge is 2.17. The molecule has 0 aliphatic heterocycles. The fraction of sp³-hybridized carbons (Fsp3) is 0.278. The Hall–Kier alpha value is -2.40. The number of hydrogen-bond acceptors (Lipinski definition) is 3. The lowest BCUT2D eigenvalue weighted by Gasteiger charge is -2.20. The molecule has 0 spiro atoms. The van der Waals surface area contributed by atoms with Crippen LogP contribution in [0.3, 0.4) is 0 Å². The number of nitrogens with one attached hydrogen (secondary N) is 2. The Kier molecular flexibility index (Phi) is 5.57. The number of aromatic nitrogens is 1. The molecule has 24 heavy (non-hydrogen) atoms. The van der Waals surface area contributed by atoms with Gasteiger partial charge in [0.05, 0.1) is 11.1 Å². The van der Waals surface area contributed by atoms with Gasteiger partial charge < -0.3 is 10.6 Å². The number of benzene rings is 1. The molecule has 0 fully saturated rings. The molecule has 2 amide bonds. The summed E-state index contributed by atoms with van der Waals surface area (Å²) in [6.07, 6.45) is 2.86. The summed E-state index contributed by atoms with van der Waals surface area (Å²) in [5.41, 5.74) is 1.13. The van der Waals surface area contributed by atoms with Gasteiger partial charge in [-0.1, -0.05) is 29.8 Å². The van der Waals surface area contributed by atoms with Gasteiger partial charge in [-0.05, 0) is 38.5 Å². The van der Waals surface area contributed by atoms with E-state index in [0.717, 1.165) is 5.56 Å². The SMILES string of the molecule is CC(C)(C)NC(=O)c1cncc(C(=O)NCc2ccccc2Cl)c1. The second-order valence-electron chi connectivity index (χ2n) is 6.44. The van der Waals surface area contributed by atoms with Gasteiger partial charge in [0.2, 0.25) is 0 Å². The minimum absolute atomic E-state index is 0.268. The summed E-state index contributed by atoms with van der Waals surface area (Å²) in [4.78, 5) is 28.4. The highest BCUT2D eigenvalue weighted by molar-refractivity contribution is 6.31. The van der Waals surface area contributed by atoms with E-state index in [1.165, 1.54) is 18.5 Å². The Morgan fingerprint density at radius 1 is 1.08 bits per heavy atom. The van der Waals surface area contributed by atoms with Gasteiger partial charge in [-0.2, -0.15) is 0 Å². The normalized spacial score (nSPS) is 11.0. The number of carbonyl (C=O) groups is 2. The lowest BCUT2D eigenvalue weighted by Crippen LogP contribution is -2.40. The van der Waals surface area contributed by atoms with E-state index < -0.39 is 0 Å². The molecule has 0 saturated heterocycles. The van der Waals surface area contributed by atoms with Crippen LogP contribution in [-0.4, -0.2) is 22.3 Å². The van der Waals surface area contributed by atoms with Crippen molar-refractivity contribution in [2.75, 3.05) is 0 Å². The summed E-state index contributed by atoms with van der Waals surface area (Å²) in [6.45, 7) is 5.96. The molecule has 0 saturated carbocycles. The van der Waals surface area contributed by atoms with Crippen LogP contribution in [0.2, 0.25) is 5.02 Å². The lowest BCUT2D eigenvalue weighted by molar-refractivity contribution is 0.0919. The number of hydrogen-bond donors (Lipinski definition) is 2. The van der Waals surface area contributed by atoms with Gasteiger partial charge in [-0.3, -0.25) is 14.6 Å². The van der Waals surface area contributed by atoms with Gasteiger partial charge in [-0.15, -0.1) is 0 Å². The van der Waals surface area contributed by atoms with Gasteiger partial charge >= 0.3 is 0 Å². The zero-order chi connectivity index (χ0) is 17.7. The second kappa shape index (κ2) is 7.45. The number of rotatable bonds is 4. The highest BCUT2D eigenvalue weighted by atomic mass is 35.5. The predicted molar refractivity (Wildman–Crippen MR) is 94.1 cm³/mol. The molecule has 1 aromatic heterocycles. The van der Waals surface area contributed by atoms with E-state index in [1.54, 1.807) is 6.07 Å². The van der Waals surface area contributed by atoms with Crippen LogP contribution in [-0.2, 0) is 6.54 Å². The molecular formula is C18H20ClN3O2. The lowest BCUT2D eigenvalue weighted by atomic mass is 10.1. The maximum atomic E-state index is 12.3. The maximum absolute atomic E-state index is 12.3. The third-order valence-corrected chi connectivity index (χ3v) is 3.52. The third-order valence-electron chi connectivity index (χ3n) is 3.15. The number of amides is 2. The number of nitrogens with zero attached hydrogens (tertiary/aromatic N) is 1. The number of carbonyl (C=O) groups excluding carboxylic acids is 2. The van der Waals surface area contributed by atoms with Gasteiger partial charge in [0.15, 0.2) is 0 Å². The number of pyridine rings is 1. The predicted octanol–water partition coefficient (Wildman–Crippen LogP) is 3.19. The zero-order valence-electron chi connectivity index (χ0n) is 13.9. The van der Waals surface area contributed by atoms with Crippen molar-refractivity contribution < 1.29 is 9.59 Å². The van der Waals surface area contributed by atoms with E-state index in [4.69, 9.17) is 11.6 Å². The average Bonchev–Trinajstić information content (AvgIpc) is 2.52. The summed E-state index contributed by atoms with van der Waals surface area (Å²) >= 11 is 6.07. The molecule has 0 bridgehead atoms. The summed E-state index contributed by atoms with van der Waals surface area (Å²) in [5, 5.41) is 6.21. The van der Waals surface area contributed by atoms with Crippen molar-refractivity contribution in [2.24, 2.45) is 0 Å². The van der Waals surface area contributed by atoms with Crippen LogP contribution in [0.5, 0.6) is 0 Å². The quantitative estimate of drug-likeness (QED) is 0.894. The summed E-state index contributed by atoms with van der Waals surface area (Å²) in [6, 6.07) is 8.81. The van der Waals surface area contributed by atoms with Gasteiger partial charge in [-0.25, -0.2) is 0 Å². The molecule has 2 aromatic rings. The molecule has 0 aliphatic rings. The second-order valence-corrected chi connectivity index (χ2v) is 6.85. The van der Waals surface area contributed by atoms with Crippen LogP contribution in [0.15, 0.2) is 42.7 Å². The number of halogens is 1. The Morgan fingerprint density at radius 2 is 1.71 bits per heavy atom. The van der Waals surface area contributed by atoms with Gasteiger partial charge in [0.1, 0.15) is 0 Å². The van der Waals surface area contributed by atoms with E-state index in [1.807, 2.05) is 39.0 Å². The Morgan fingerprint density at radius 3 is 2.33 bits per heavy atom. The van der Waals surface area contributed by atoms with Crippen molar-refractivity contribution >= 4 is 23.4 Å². The summed E-state index contributed by atoms with van der Waals surface area (Å²) in [7, 11) is 0. The standard InChI is InChI=1S/C18H20ClN3O2/c1-18(2,3)22-17(24)14-8-13(9-20-10-14)16(23)21-11-12-6-4-5-7-15(12)19/h4-10H,11H2,1-3H3,(H,21,23)(H,22,24). The third kappa shape index (κ3) is 5.06. The van der Waals surface area contributed by atoms with Crippen LogP contribution < -0.4 is 10.6 Å². The Labute approximate surface area is 146 Å². The van der Waals surface area contributed by atoms with E-state index in [9.17, 15) is 9.59 Å². The molecule has 1 heterocycles. The molecule has 6 heteroatoms. The molecule has 126 valence electrons. The first-order valence-electron chi connectivity index (χ1n) is 7.55. The van der Waals surface area contributed by atoms with Crippen molar-refractivity contribution in [3.05, 3.63) is 64.4 Å². The van der Waals surface area contributed by atoms with Crippen LogP contribution in [0.25, 0.3) is 0 Å². The molecule has 2 N–H and O–H groups in total. The Balaban J connectivity index is 2.06. The maximum Gasteiger partial charge on any atom is 0.253 e. The first-order chi connectivity index (χ1) is 11.3. The molecule has 0 unspecified atom stereocenters. The van der Waals surface area contributed by atoms with Crippen LogP contribution in [0.1, 0.15) is 47.1 Å². The highest BCUT2D eigenvalue weighted by Crippen LogP contribution is 2.14. The smallest absolute Gasteiger partial charge is 0.253 e. The zero-order valence-corrected chi connectivity index (χ0v) is 14.6. The Bertz CT molecular complexity index is 754. The molecule has 1 aromatic carbocycles. The van der Waals surface area contributed by atoms with Crippen molar-refractivity contribution in [2.45, 2.75) is 32.9 Å². The van der Waals surface area contributed by atoms with E-state index >= 15 is 0 Å². The van der Waals surface area contributed by atoms with E-state index in [-0.39, 0.29) is 17.4 Å². The summed E-state index contributed by atoms with van der Waals surface area (Å²) < 4.78 is 0. The van der Waals surface area contributed by atoms with Crippen molar-refractivity contribution in [1.82, 2.24) is 15.6 Å². The van der Waals surface area contributed by atoms with Crippen molar-refractivity contribution in [3.63, 3.8) is 0 Å². The van der Waals surface area contributed by atoms with E-state index in [2.05, 4.69) is 15.6 Å². The molecule has 2 rings (SSSR count).